The van der Waals surface area contributed by atoms with Gasteiger partial charge in [-0.2, -0.15) is 8.75 Å². The van der Waals surface area contributed by atoms with Gasteiger partial charge in [-0.15, -0.1) is 0 Å². The number of hydrogen-bond donors (Lipinski definition) is 1. The van der Waals surface area contributed by atoms with Crippen molar-refractivity contribution in [2.45, 2.75) is 6.42 Å². The van der Waals surface area contributed by atoms with Crippen LogP contribution in [0.1, 0.15) is 6.42 Å². The highest BCUT2D eigenvalue weighted by Crippen LogP contribution is 2.36. The van der Waals surface area contributed by atoms with Crippen LogP contribution in [0.4, 0.5) is 5.69 Å². The number of aromatic nitrogens is 2. The van der Waals surface area contributed by atoms with Gasteiger partial charge in [0.1, 0.15) is 11.0 Å². The van der Waals surface area contributed by atoms with Crippen molar-refractivity contribution in [1.82, 2.24) is 8.75 Å². The number of carboxylic acids is 1. The average Bonchev–Trinajstić information content (AvgIpc) is 2.96. The SMILES string of the molecule is O=C(O)C1CC(=O)N(c2c(Cl)ccc3nsnc23)C1. The maximum atomic E-state index is 12.0. The predicted molar refractivity (Wildman–Crippen MR) is 70.5 cm³/mol. The molecule has 1 N–H and O–H groups in total. The third-order valence-corrected chi connectivity index (χ3v) is 3.94. The van der Waals surface area contributed by atoms with E-state index in [1.54, 1.807) is 12.1 Å². The van der Waals surface area contributed by atoms with E-state index in [0.29, 0.717) is 21.7 Å². The van der Waals surface area contributed by atoms with Crippen molar-refractivity contribution in [1.29, 1.82) is 0 Å². The normalized spacial score (nSPS) is 19.3. The summed E-state index contributed by atoms with van der Waals surface area (Å²) in [5.74, 6) is -1.93. The van der Waals surface area contributed by atoms with Gasteiger partial charge in [0, 0.05) is 13.0 Å². The molecule has 1 aliphatic rings. The fourth-order valence-corrected chi connectivity index (χ4v) is 2.95. The molecule has 1 saturated heterocycles. The van der Waals surface area contributed by atoms with Crippen molar-refractivity contribution in [3.05, 3.63) is 17.2 Å². The molecule has 2 heterocycles. The minimum atomic E-state index is -0.976. The van der Waals surface area contributed by atoms with Crippen LogP contribution in [-0.2, 0) is 9.59 Å². The first kappa shape index (κ1) is 12.3. The lowest BCUT2D eigenvalue weighted by Crippen LogP contribution is -2.26. The van der Waals surface area contributed by atoms with E-state index in [1.165, 1.54) is 4.90 Å². The van der Waals surface area contributed by atoms with Gasteiger partial charge >= 0.3 is 5.97 Å². The minimum Gasteiger partial charge on any atom is -0.481 e. The molecule has 1 amide bonds. The van der Waals surface area contributed by atoms with Crippen LogP contribution in [0.3, 0.4) is 0 Å². The fourth-order valence-electron chi connectivity index (χ4n) is 2.16. The molecular formula is C11H8ClN3O3S. The minimum absolute atomic E-state index is 0.0143. The van der Waals surface area contributed by atoms with Gasteiger partial charge in [0.15, 0.2) is 0 Å². The summed E-state index contributed by atoms with van der Waals surface area (Å²) in [5.41, 5.74) is 1.65. The second kappa shape index (κ2) is 4.43. The Hall–Kier alpha value is -1.73. The molecule has 0 aliphatic carbocycles. The number of anilines is 1. The third kappa shape index (κ3) is 1.95. The Morgan fingerprint density at radius 2 is 2.26 bits per heavy atom. The van der Waals surface area contributed by atoms with Crippen molar-refractivity contribution in [3.63, 3.8) is 0 Å². The quantitative estimate of drug-likeness (QED) is 0.913. The molecule has 0 spiro atoms. The van der Waals surface area contributed by atoms with Crippen LogP contribution in [0.2, 0.25) is 5.02 Å². The third-order valence-electron chi connectivity index (χ3n) is 3.10. The Morgan fingerprint density at radius 3 is 2.95 bits per heavy atom. The molecule has 8 heteroatoms. The first-order valence-corrected chi connectivity index (χ1v) is 6.62. The monoisotopic (exact) mass is 297 g/mol. The van der Waals surface area contributed by atoms with E-state index >= 15 is 0 Å². The van der Waals surface area contributed by atoms with Crippen LogP contribution < -0.4 is 4.90 Å². The molecule has 1 atom stereocenters. The van der Waals surface area contributed by atoms with Crippen LogP contribution in [0.25, 0.3) is 11.0 Å². The second-order valence-corrected chi connectivity index (χ2v) is 5.21. The van der Waals surface area contributed by atoms with E-state index in [4.69, 9.17) is 16.7 Å². The number of carbonyl (C=O) groups is 2. The first-order chi connectivity index (χ1) is 9.08. The zero-order valence-corrected chi connectivity index (χ0v) is 11.1. The lowest BCUT2D eigenvalue weighted by Gasteiger charge is -2.17. The lowest BCUT2D eigenvalue weighted by molar-refractivity contribution is -0.141. The number of fused-ring (bicyclic) bond motifs is 1. The van der Waals surface area contributed by atoms with Crippen molar-refractivity contribution in [3.8, 4) is 0 Å². The van der Waals surface area contributed by atoms with Gasteiger partial charge in [0.2, 0.25) is 5.91 Å². The van der Waals surface area contributed by atoms with Gasteiger partial charge in [0.05, 0.1) is 28.4 Å². The Bertz CT molecular complexity index is 687. The van der Waals surface area contributed by atoms with Crippen LogP contribution in [0, 0.1) is 5.92 Å². The molecule has 2 aromatic rings. The van der Waals surface area contributed by atoms with E-state index in [2.05, 4.69) is 8.75 Å². The highest BCUT2D eigenvalue weighted by atomic mass is 35.5. The topological polar surface area (TPSA) is 83.4 Å². The summed E-state index contributed by atoms with van der Waals surface area (Å²) < 4.78 is 8.22. The maximum Gasteiger partial charge on any atom is 0.308 e. The van der Waals surface area contributed by atoms with Crippen LogP contribution in [0.15, 0.2) is 12.1 Å². The molecule has 0 bridgehead atoms. The molecule has 1 aliphatic heterocycles. The number of amides is 1. The molecule has 98 valence electrons. The Labute approximate surface area is 116 Å². The smallest absolute Gasteiger partial charge is 0.308 e. The van der Waals surface area contributed by atoms with Gasteiger partial charge < -0.3 is 10.0 Å². The summed E-state index contributed by atoms with van der Waals surface area (Å²) in [6.07, 6.45) is -0.0143. The number of aliphatic carboxylic acids is 1. The van der Waals surface area contributed by atoms with Crippen molar-refractivity contribution in [2.75, 3.05) is 11.4 Å². The number of rotatable bonds is 2. The fraction of sp³-hybridized carbons (Fsp3) is 0.273. The summed E-state index contributed by atoms with van der Waals surface area (Å²) in [4.78, 5) is 24.3. The molecule has 0 radical (unpaired) electrons. The van der Waals surface area contributed by atoms with E-state index in [0.717, 1.165) is 11.7 Å². The van der Waals surface area contributed by atoms with E-state index < -0.39 is 11.9 Å². The molecule has 1 fully saturated rings. The largest absolute Gasteiger partial charge is 0.481 e. The molecule has 0 saturated carbocycles. The summed E-state index contributed by atoms with van der Waals surface area (Å²) >= 11 is 7.16. The van der Waals surface area contributed by atoms with Crippen LogP contribution in [-0.4, -0.2) is 32.3 Å². The highest BCUT2D eigenvalue weighted by molar-refractivity contribution is 7.00. The molecule has 3 rings (SSSR count). The summed E-state index contributed by atoms with van der Waals surface area (Å²) in [5, 5.41) is 9.38. The van der Waals surface area contributed by atoms with Gasteiger partial charge in [-0.05, 0) is 12.1 Å². The molecular weight excluding hydrogens is 290 g/mol. The average molecular weight is 298 g/mol. The van der Waals surface area contributed by atoms with E-state index in [1.807, 2.05) is 0 Å². The van der Waals surface area contributed by atoms with Crippen molar-refractivity contribution in [2.24, 2.45) is 5.92 Å². The van der Waals surface area contributed by atoms with Gasteiger partial charge in [-0.1, -0.05) is 11.6 Å². The zero-order valence-electron chi connectivity index (χ0n) is 9.54. The summed E-state index contributed by atoms with van der Waals surface area (Å²) in [6, 6.07) is 3.36. The maximum absolute atomic E-state index is 12.0. The summed E-state index contributed by atoms with van der Waals surface area (Å²) in [6.45, 7) is 0.116. The molecule has 1 aromatic heterocycles. The molecule has 1 unspecified atom stereocenters. The number of halogens is 1. The van der Waals surface area contributed by atoms with E-state index in [9.17, 15) is 9.59 Å². The number of nitrogens with zero attached hydrogens (tertiary/aromatic N) is 3. The van der Waals surface area contributed by atoms with Gasteiger partial charge in [-0.3, -0.25) is 9.59 Å². The first-order valence-electron chi connectivity index (χ1n) is 5.52. The van der Waals surface area contributed by atoms with Crippen LogP contribution in [0.5, 0.6) is 0 Å². The zero-order chi connectivity index (χ0) is 13.6. The Morgan fingerprint density at radius 1 is 1.47 bits per heavy atom. The number of benzene rings is 1. The van der Waals surface area contributed by atoms with E-state index in [-0.39, 0.29) is 18.9 Å². The van der Waals surface area contributed by atoms with Crippen molar-refractivity contribution < 1.29 is 14.7 Å². The standard InChI is InChI=1S/C11H8ClN3O3S/c12-6-1-2-7-9(14-19-13-7)10(6)15-4-5(11(17)18)3-8(15)16/h1-2,5H,3-4H2,(H,17,18). The molecule has 6 nitrogen and oxygen atoms in total. The molecule has 19 heavy (non-hydrogen) atoms. The van der Waals surface area contributed by atoms with Gasteiger partial charge in [-0.25, -0.2) is 0 Å². The lowest BCUT2D eigenvalue weighted by atomic mass is 10.1. The number of carboxylic acid groups (broad SMARTS) is 1. The summed E-state index contributed by atoms with van der Waals surface area (Å²) in [7, 11) is 0. The number of hydrogen-bond acceptors (Lipinski definition) is 5. The molecule has 1 aromatic carbocycles. The van der Waals surface area contributed by atoms with Crippen molar-refractivity contribution >= 4 is 51.9 Å². The second-order valence-electron chi connectivity index (χ2n) is 4.27. The Kier molecular flexibility index (Phi) is 2.87. The predicted octanol–water partition coefficient (Wildman–Crippen LogP) is 1.78. The van der Waals surface area contributed by atoms with Gasteiger partial charge in [0.25, 0.3) is 0 Å². The highest BCUT2D eigenvalue weighted by Gasteiger charge is 2.37. The number of carbonyl (C=O) groups excluding carboxylic acids is 1. The van der Waals surface area contributed by atoms with Crippen LogP contribution >= 0.6 is 23.3 Å². The Balaban J connectivity index is 2.09.